The SMILES string of the molecule is C#CCN[C@H]1C[C@@H](O)c2sccc21. The summed E-state index contributed by atoms with van der Waals surface area (Å²) in [6.07, 6.45) is 5.62. The van der Waals surface area contributed by atoms with Gasteiger partial charge in [0.1, 0.15) is 0 Å². The van der Waals surface area contributed by atoms with Crippen LogP contribution in [0, 0.1) is 12.3 Å². The van der Waals surface area contributed by atoms with Crippen LogP contribution in [0.2, 0.25) is 0 Å². The maximum Gasteiger partial charge on any atom is 0.0903 e. The number of aliphatic hydroxyl groups excluding tert-OH is 1. The van der Waals surface area contributed by atoms with Crippen molar-refractivity contribution in [3.63, 3.8) is 0 Å². The van der Waals surface area contributed by atoms with Gasteiger partial charge in [-0.2, -0.15) is 0 Å². The van der Waals surface area contributed by atoms with Gasteiger partial charge in [0.2, 0.25) is 0 Å². The van der Waals surface area contributed by atoms with Gasteiger partial charge in [0.15, 0.2) is 0 Å². The molecule has 3 heteroatoms. The van der Waals surface area contributed by atoms with Gasteiger partial charge in [-0.1, -0.05) is 5.92 Å². The largest absolute Gasteiger partial charge is 0.387 e. The van der Waals surface area contributed by atoms with Gasteiger partial charge in [-0.25, -0.2) is 0 Å². The minimum absolute atomic E-state index is 0.243. The molecule has 2 nitrogen and oxygen atoms in total. The molecule has 0 bridgehead atoms. The molecular weight excluding hydrogens is 182 g/mol. The van der Waals surface area contributed by atoms with Crippen LogP contribution in [0.4, 0.5) is 0 Å². The molecule has 0 spiro atoms. The van der Waals surface area contributed by atoms with Gasteiger partial charge >= 0.3 is 0 Å². The monoisotopic (exact) mass is 193 g/mol. The number of thiophene rings is 1. The Labute approximate surface area is 81.6 Å². The summed E-state index contributed by atoms with van der Waals surface area (Å²) in [5, 5.41) is 14.9. The van der Waals surface area contributed by atoms with E-state index in [1.165, 1.54) is 5.56 Å². The third-order valence-corrected chi connectivity index (χ3v) is 3.35. The first-order valence-corrected chi connectivity index (χ1v) is 5.13. The van der Waals surface area contributed by atoms with Crippen molar-refractivity contribution < 1.29 is 5.11 Å². The average molecular weight is 193 g/mol. The lowest BCUT2D eigenvalue weighted by Crippen LogP contribution is -2.19. The van der Waals surface area contributed by atoms with Crippen molar-refractivity contribution in [2.45, 2.75) is 18.6 Å². The zero-order valence-electron chi connectivity index (χ0n) is 7.16. The maximum absolute atomic E-state index is 9.66. The summed E-state index contributed by atoms with van der Waals surface area (Å²) in [7, 11) is 0. The number of hydrogen-bond donors (Lipinski definition) is 2. The summed E-state index contributed by atoms with van der Waals surface area (Å²) >= 11 is 1.62. The second kappa shape index (κ2) is 3.51. The minimum atomic E-state index is -0.301. The van der Waals surface area contributed by atoms with Crippen LogP contribution >= 0.6 is 11.3 Å². The van der Waals surface area contributed by atoms with E-state index in [2.05, 4.69) is 17.3 Å². The van der Waals surface area contributed by atoms with Crippen LogP contribution < -0.4 is 5.32 Å². The fourth-order valence-electron chi connectivity index (χ4n) is 1.72. The number of fused-ring (bicyclic) bond motifs is 1. The smallest absolute Gasteiger partial charge is 0.0903 e. The molecule has 0 unspecified atom stereocenters. The lowest BCUT2D eigenvalue weighted by molar-refractivity contribution is 0.172. The number of nitrogens with one attached hydrogen (secondary N) is 1. The lowest BCUT2D eigenvalue weighted by Gasteiger charge is -2.09. The zero-order valence-corrected chi connectivity index (χ0v) is 7.97. The van der Waals surface area contributed by atoms with E-state index >= 15 is 0 Å². The molecule has 2 N–H and O–H groups in total. The highest BCUT2D eigenvalue weighted by Gasteiger charge is 2.29. The molecule has 0 amide bonds. The van der Waals surface area contributed by atoms with Gasteiger partial charge in [0.25, 0.3) is 0 Å². The summed E-state index contributed by atoms with van der Waals surface area (Å²) in [4.78, 5) is 1.09. The Morgan fingerprint density at radius 1 is 1.77 bits per heavy atom. The highest BCUT2D eigenvalue weighted by molar-refractivity contribution is 7.10. The van der Waals surface area contributed by atoms with Gasteiger partial charge in [-0.3, -0.25) is 5.32 Å². The van der Waals surface area contributed by atoms with E-state index in [1.807, 2.05) is 5.38 Å². The number of terminal acetylenes is 1. The summed E-state index contributed by atoms with van der Waals surface area (Å²) in [6, 6.07) is 2.30. The fraction of sp³-hybridized carbons (Fsp3) is 0.400. The van der Waals surface area contributed by atoms with Crippen LogP contribution in [0.3, 0.4) is 0 Å². The average Bonchev–Trinajstić information content (AvgIpc) is 2.67. The fourth-order valence-corrected chi connectivity index (χ4v) is 2.68. The van der Waals surface area contributed by atoms with Gasteiger partial charge in [-0.15, -0.1) is 17.8 Å². The highest BCUT2D eigenvalue weighted by Crippen LogP contribution is 2.41. The van der Waals surface area contributed by atoms with E-state index in [0.29, 0.717) is 6.54 Å². The summed E-state index contributed by atoms with van der Waals surface area (Å²) < 4.78 is 0. The predicted molar refractivity (Wildman–Crippen MR) is 53.5 cm³/mol. The molecule has 1 aliphatic carbocycles. The summed E-state index contributed by atoms with van der Waals surface area (Å²) in [5.74, 6) is 2.54. The molecule has 68 valence electrons. The Bertz CT molecular complexity index is 339. The zero-order chi connectivity index (χ0) is 9.26. The number of rotatable bonds is 2. The topological polar surface area (TPSA) is 32.3 Å². The Morgan fingerprint density at radius 3 is 3.38 bits per heavy atom. The standard InChI is InChI=1S/C10H11NOS/c1-2-4-11-8-6-9(12)10-7(8)3-5-13-10/h1,3,5,8-9,11-12H,4,6H2/t8-,9+/m0/s1. The normalized spacial score (nSPS) is 25.5. The van der Waals surface area contributed by atoms with E-state index < -0.39 is 0 Å². The number of aliphatic hydroxyl groups is 1. The third-order valence-electron chi connectivity index (χ3n) is 2.31. The van der Waals surface area contributed by atoms with E-state index in [-0.39, 0.29) is 12.1 Å². The van der Waals surface area contributed by atoms with Gasteiger partial charge in [0, 0.05) is 10.9 Å². The first-order chi connectivity index (χ1) is 6.33. The molecule has 1 aromatic heterocycles. The summed E-state index contributed by atoms with van der Waals surface area (Å²) in [6.45, 7) is 0.562. The van der Waals surface area contributed by atoms with Crippen molar-refractivity contribution in [3.05, 3.63) is 21.9 Å². The molecule has 0 radical (unpaired) electrons. The molecule has 1 aromatic rings. The summed E-state index contributed by atoms with van der Waals surface area (Å²) in [5.41, 5.74) is 1.22. The molecule has 0 fully saturated rings. The molecule has 0 saturated carbocycles. The first-order valence-electron chi connectivity index (χ1n) is 4.25. The molecule has 13 heavy (non-hydrogen) atoms. The third kappa shape index (κ3) is 1.49. The van der Waals surface area contributed by atoms with Crippen LogP contribution in [0.1, 0.15) is 29.0 Å². The molecule has 0 aliphatic heterocycles. The minimum Gasteiger partial charge on any atom is -0.387 e. The van der Waals surface area contributed by atoms with Crippen LogP contribution in [-0.2, 0) is 0 Å². The van der Waals surface area contributed by atoms with Gasteiger partial charge in [0.05, 0.1) is 12.6 Å². The molecule has 1 heterocycles. The molecule has 0 aromatic carbocycles. The van der Waals surface area contributed by atoms with Gasteiger partial charge in [-0.05, 0) is 23.4 Å². The molecule has 2 rings (SSSR count). The van der Waals surface area contributed by atoms with E-state index in [4.69, 9.17) is 6.42 Å². The Hall–Kier alpha value is -0.820. The maximum atomic E-state index is 9.66. The van der Waals surface area contributed by atoms with Crippen molar-refractivity contribution in [1.29, 1.82) is 0 Å². The van der Waals surface area contributed by atoms with Crippen LogP contribution in [0.15, 0.2) is 11.4 Å². The molecule has 2 atom stereocenters. The van der Waals surface area contributed by atoms with Crippen molar-refractivity contribution >= 4 is 11.3 Å². The molecule has 1 aliphatic rings. The van der Waals surface area contributed by atoms with Crippen molar-refractivity contribution in [1.82, 2.24) is 5.32 Å². The first kappa shape index (κ1) is 8.76. The second-order valence-corrected chi connectivity index (χ2v) is 4.08. The Balaban J connectivity index is 2.15. The van der Waals surface area contributed by atoms with Crippen LogP contribution in [-0.4, -0.2) is 11.7 Å². The van der Waals surface area contributed by atoms with E-state index in [0.717, 1.165) is 11.3 Å². The second-order valence-electron chi connectivity index (χ2n) is 3.13. The van der Waals surface area contributed by atoms with E-state index in [9.17, 15) is 5.11 Å². The quantitative estimate of drug-likeness (QED) is 0.697. The number of hydrogen-bond acceptors (Lipinski definition) is 3. The van der Waals surface area contributed by atoms with Crippen LogP contribution in [0.25, 0.3) is 0 Å². The van der Waals surface area contributed by atoms with Gasteiger partial charge < -0.3 is 5.11 Å². The van der Waals surface area contributed by atoms with Crippen LogP contribution in [0.5, 0.6) is 0 Å². The Morgan fingerprint density at radius 2 is 2.62 bits per heavy atom. The van der Waals surface area contributed by atoms with Crippen molar-refractivity contribution in [2.24, 2.45) is 0 Å². The highest BCUT2D eigenvalue weighted by atomic mass is 32.1. The Kier molecular flexibility index (Phi) is 2.36. The van der Waals surface area contributed by atoms with E-state index in [1.54, 1.807) is 11.3 Å². The lowest BCUT2D eigenvalue weighted by atomic mass is 10.2. The van der Waals surface area contributed by atoms with Crippen molar-refractivity contribution in [2.75, 3.05) is 6.54 Å². The molecular formula is C10H11NOS. The molecule has 0 saturated heterocycles. The van der Waals surface area contributed by atoms with Crippen molar-refractivity contribution in [3.8, 4) is 12.3 Å². The predicted octanol–water partition coefficient (Wildman–Crippen LogP) is 1.45.